The van der Waals surface area contributed by atoms with Gasteiger partial charge in [-0.15, -0.1) is 0 Å². The molecule has 11 nitrogen and oxygen atoms in total. The SMILES string of the molecule is CCN(CC)C(=O)C(Cc1ccc(-n2c(C)nc3nccnc3c2=O)cc1)C(=O)NS(=O)(=O)c1ccc2ccccc2c1. The highest BCUT2D eigenvalue weighted by Crippen LogP contribution is 2.21. The zero-order valence-corrected chi connectivity index (χ0v) is 24.7. The van der Waals surface area contributed by atoms with Gasteiger partial charge >= 0.3 is 0 Å². The fraction of sp³-hybridized carbons (Fsp3) is 0.226. The average molecular weight is 599 g/mol. The molecule has 2 amide bonds. The van der Waals surface area contributed by atoms with Crippen LogP contribution in [0.3, 0.4) is 0 Å². The Labute approximate surface area is 248 Å². The summed E-state index contributed by atoms with van der Waals surface area (Å²) in [6.07, 6.45) is 2.84. The van der Waals surface area contributed by atoms with E-state index in [2.05, 4.69) is 19.7 Å². The van der Waals surface area contributed by atoms with E-state index in [4.69, 9.17) is 0 Å². The topological polar surface area (TPSA) is 144 Å². The van der Waals surface area contributed by atoms with Crippen molar-refractivity contribution in [2.75, 3.05) is 13.1 Å². The molecule has 1 N–H and O–H groups in total. The van der Waals surface area contributed by atoms with Crippen molar-refractivity contribution in [3.8, 4) is 5.69 Å². The van der Waals surface area contributed by atoms with Gasteiger partial charge in [-0.2, -0.15) is 0 Å². The van der Waals surface area contributed by atoms with Gasteiger partial charge in [-0.25, -0.2) is 28.1 Å². The third kappa shape index (κ3) is 6.00. The van der Waals surface area contributed by atoms with Gasteiger partial charge in [0.1, 0.15) is 11.7 Å². The number of aromatic nitrogens is 4. The fourth-order valence-electron chi connectivity index (χ4n) is 4.99. The molecule has 0 saturated heterocycles. The highest BCUT2D eigenvalue weighted by atomic mass is 32.2. The largest absolute Gasteiger partial charge is 0.343 e. The molecule has 0 aliphatic heterocycles. The summed E-state index contributed by atoms with van der Waals surface area (Å²) >= 11 is 0. The maximum Gasteiger partial charge on any atom is 0.286 e. The van der Waals surface area contributed by atoms with E-state index in [1.807, 2.05) is 12.1 Å². The molecule has 0 spiro atoms. The predicted octanol–water partition coefficient (Wildman–Crippen LogP) is 3.17. The number of nitrogens with one attached hydrogen (secondary N) is 1. The van der Waals surface area contributed by atoms with Crippen LogP contribution in [-0.2, 0) is 26.0 Å². The fourth-order valence-corrected chi connectivity index (χ4v) is 6.04. The monoisotopic (exact) mass is 598 g/mol. The predicted molar refractivity (Wildman–Crippen MR) is 162 cm³/mol. The normalized spacial score (nSPS) is 12.3. The van der Waals surface area contributed by atoms with Crippen molar-refractivity contribution in [2.24, 2.45) is 5.92 Å². The van der Waals surface area contributed by atoms with Crippen LogP contribution < -0.4 is 10.3 Å². The molecule has 0 aliphatic carbocycles. The molecule has 0 saturated carbocycles. The van der Waals surface area contributed by atoms with Crippen LogP contribution in [0.25, 0.3) is 27.6 Å². The van der Waals surface area contributed by atoms with Gasteiger partial charge in [-0.1, -0.05) is 42.5 Å². The molecule has 0 bridgehead atoms. The molecule has 12 heteroatoms. The van der Waals surface area contributed by atoms with Gasteiger partial charge in [0.2, 0.25) is 11.8 Å². The Morgan fingerprint density at radius 3 is 2.30 bits per heavy atom. The van der Waals surface area contributed by atoms with Gasteiger partial charge in [0.15, 0.2) is 11.2 Å². The molecule has 2 aromatic heterocycles. The second-order valence-electron chi connectivity index (χ2n) is 9.94. The molecule has 3 aromatic carbocycles. The number of amides is 2. The Hall–Kier alpha value is -4.97. The maximum atomic E-state index is 13.5. The van der Waals surface area contributed by atoms with Crippen LogP contribution in [0.5, 0.6) is 0 Å². The Morgan fingerprint density at radius 2 is 1.60 bits per heavy atom. The van der Waals surface area contributed by atoms with Crippen LogP contribution in [0.15, 0.2) is 88.8 Å². The zero-order chi connectivity index (χ0) is 30.7. The standard InChI is InChI=1S/C31H30N6O5S/c1-4-36(5-2)30(39)26(29(38)35-43(41,42)25-15-12-22-8-6-7-9-23(22)19-25)18-21-10-13-24(14-11-21)37-20(3)34-28-27(31(37)40)32-16-17-33-28/h6-17,19,26H,4-5,18H2,1-3H3,(H,35,38). The lowest BCUT2D eigenvalue weighted by atomic mass is 9.97. The van der Waals surface area contributed by atoms with Crippen LogP contribution in [0.2, 0.25) is 0 Å². The summed E-state index contributed by atoms with van der Waals surface area (Å²) in [5.41, 5.74) is 1.12. The summed E-state index contributed by atoms with van der Waals surface area (Å²) in [5, 5.41) is 1.56. The van der Waals surface area contributed by atoms with E-state index in [1.54, 1.807) is 63.2 Å². The van der Waals surface area contributed by atoms with E-state index in [-0.39, 0.29) is 28.0 Å². The molecule has 1 atom stereocenters. The summed E-state index contributed by atoms with van der Waals surface area (Å²) < 4.78 is 30.0. The molecule has 1 unspecified atom stereocenters. The van der Waals surface area contributed by atoms with Crippen LogP contribution in [-0.4, -0.2) is 57.7 Å². The van der Waals surface area contributed by atoms with Gasteiger partial charge in [-0.3, -0.25) is 19.0 Å². The Balaban J connectivity index is 1.43. The minimum atomic E-state index is -4.26. The van der Waals surface area contributed by atoms with Crippen molar-refractivity contribution in [3.63, 3.8) is 0 Å². The van der Waals surface area contributed by atoms with Crippen molar-refractivity contribution in [1.82, 2.24) is 29.1 Å². The lowest BCUT2D eigenvalue weighted by molar-refractivity contribution is -0.141. The number of hydrogen-bond acceptors (Lipinski definition) is 8. The minimum Gasteiger partial charge on any atom is -0.343 e. The van der Waals surface area contributed by atoms with Crippen LogP contribution in [0, 0.1) is 12.8 Å². The lowest BCUT2D eigenvalue weighted by Gasteiger charge is -2.25. The summed E-state index contributed by atoms with van der Waals surface area (Å²) in [4.78, 5) is 54.0. The number of carbonyl (C=O) groups is 2. The molecule has 43 heavy (non-hydrogen) atoms. The van der Waals surface area contributed by atoms with Crippen molar-refractivity contribution in [2.45, 2.75) is 32.1 Å². The number of fused-ring (bicyclic) bond motifs is 2. The number of sulfonamides is 1. The van der Waals surface area contributed by atoms with E-state index in [9.17, 15) is 22.8 Å². The zero-order valence-electron chi connectivity index (χ0n) is 23.9. The molecule has 5 aromatic rings. The van der Waals surface area contributed by atoms with Gasteiger partial charge in [0.05, 0.1) is 10.6 Å². The second-order valence-corrected chi connectivity index (χ2v) is 11.6. The van der Waals surface area contributed by atoms with Crippen molar-refractivity contribution >= 4 is 43.8 Å². The first kappa shape index (κ1) is 29.5. The van der Waals surface area contributed by atoms with Gasteiger partial charge in [0, 0.05) is 25.5 Å². The summed E-state index contributed by atoms with van der Waals surface area (Å²) in [7, 11) is -4.26. The van der Waals surface area contributed by atoms with E-state index in [0.29, 0.717) is 35.6 Å². The maximum absolute atomic E-state index is 13.5. The van der Waals surface area contributed by atoms with Crippen LogP contribution in [0.1, 0.15) is 25.2 Å². The molecule has 220 valence electrons. The van der Waals surface area contributed by atoms with E-state index < -0.39 is 27.8 Å². The quantitative estimate of drug-likeness (QED) is 0.255. The molecular weight excluding hydrogens is 568 g/mol. The number of rotatable bonds is 9. The third-order valence-electron chi connectivity index (χ3n) is 7.27. The number of benzene rings is 3. The highest BCUT2D eigenvalue weighted by molar-refractivity contribution is 7.90. The summed E-state index contributed by atoms with van der Waals surface area (Å²) in [5.74, 6) is -2.29. The van der Waals surface area contributed by atoms with E-state index in [1.165, 1.54) is 34.0 Å². The summed E-state index contributed by atoms with van der Waals surface area (Å²) in [6.45, 7) is 5.98. The Kier molecular flexibility index (Phi) is 8.31. The van der Waals surface area contributed by atoms with E-state index in [0.717, 1.165) is 5.39 Å². The molecule has 0 fully saturated rings. The van der Waals surface area contributed by atoms with Gasteiger partial charge < -0.3 is 4.90 Å². The van der Waals surface area contributed by atoms with Crippen LogP contribution in [0.4, 0.5) is 0 Å². The van der Waals surface area contributed by atoms with Crippen molar-refractivity contribution in [3.05, 3.63) is 101 Å². The Bertz CT molecular complexity index is 2000. The number of aryl methyl sites for hydroxylation is 1. The second kappa shape index (κ2) is 12.1. The first-order valence-electron chi connectivity index (χ1n) is 13.8. The molecular formula is C31H30N6O5S. The average Bonchev–Trinajstić information content (AvgIpc) is 3.00. The molecule has 0 aliphatic rings. The number of nitrogens with zero attached hydrogens (tertiary/aromatic N) is 5. The molecule has 0 radical (unpaired) electrons. The van der Waals surface area contributed by atoms with E-state index >= 15 is 0 Å². The first-order chi connectivity index (χ1) is 20.6. The van der Waals surface area contributed by atoms with Gasteiger partial charge in [0.25, 0.3) is 15.6 Å². The third-order valence-corrected chi connectivity index (χ3v) is 8.61. The smallest absolute Gasteiger partial charge is 0.286 e. The molecule has 5 rings (SSSR count). The Morgan fingerprint density at radius 1 is 0.930 bits per heavy atom. The van der Waals surface area contributed by atoms with Gasteiger partial charge in [-0.05, 0) is 67.8 Å². The number of hydrogen-bond donors (Lipinski definition) is 1. The first-order valence-corrected chi connectivity index (χ1v) is 15.2. The lowest BCUT2D eigenvalue weighted by Crippen LogP contribution is -2.46. The van der Waals surface area contributed by atoms with Crippen LogP contribution >= 0.6 is 0 Å². The highest BCUT2D eigenvalue weighted by Gasteiger charge is 2.33. The van der Waals surface area contributed by atoms with Crippen molar-refractivity contribution < 1.29 is 18.0 Å². The number of carbonyl (C=O) groups excluding carboxylic acids is 2. The minimum absolute atomic E-state index is 0.0516. The molecule has 2 heterocycles. The summed E-state index contributed by atoms with van der Waals surface area (Å²) in [6, 6.07) is 18.6. The van der Waals surface area contributed by atoms with Crippen molar-refractivity contribution in [1.29, 1.82) is 0 Å².